The fourth-order valence-electron chi connectivity index (χ4n) is 3.06. The summed E-state index contributed by atoms with van der Waals surface area (Å²) in [7, 11) is 0. The highest BCUT2D eigenvalue weighted by Crippen LogP contribution is 2.23. The SMILES string of the molecule is CC(=O)c1ccc(Nc2nc(NCc3ccccc3)cc(-c3ccccc3)n2)cc1. The third kappa shape index (κ3) is 4.89. The van der Waals surface area contributed by atoms with E-state index in [9.17, 15) is 4.79 Å². The minimum Gasteiger partial charge on any atom is -0.366 e. The van der Waals surface area contributed by atoms with E-state index in [-0.39, 0.29) is 5.78 Å². The highest BCUT2D eigenvalue weighted by atomic mass is 16.1. The van der Waals surface area contributed by atoms with E-state index >= 15 is 0 Å². The molecule has 0 unspecified atom stereocenters. The highest BCUT2D eigenvalue weighted by molar-refractivity contribution is 5.94. The number of nitrogens with zero attached hydrogens (tertiary/aromatic N) is 2. The second kappa shape index (κ2) is 9.01. The highest BCUT2D eigenvalue weighted by Gasteiger charge is 2.08. The minimum atomic E-state index is 0.0382. The summed E-state index contributed by atoms with van der Waals surface area (Å²) in [6.07, 6.45) is 0. The molecule has 1 heterocycles. The predicted octanol–water partition coefficient (Wildman–Crippen LogP) is 5.70. The Hall–Kier alpha value is -3.99. The van der Waals surface area contributed by atoms with Crippen LogP contribution < -0.4 is 10.6 Å². The molecule has 0 aliphatic rings. The fourth-order valence-corrected chi connectivity index (χ4v) is 3.06. The number of hydrogen-bond donors (Lipinski definition) is 2. The van der Waals surface area contributed by atoms with Crippen molar-refractivity contribution in [3.05, 3.63) is 102 Å². The molecule has 4 aromatic rings. The second-order valence-electron chi connectivity index (χ2n) is 6.93. The minimum absolute atomic E-state index is 0.0382. The molecule has 0 saturated heterocycles. The van der Waals surface area contributed by atoms with Gasteiger partial charge in [0.05, 0.1) is 5.69 Å². The molecule has 0 spiro atoms. The number of nitrogens with one attached hydrogen (secondary N) is 2. The van der Waals surface area contributed by atoms with Gasteiger partial charge < -0.3 is 10.6 Å². The van der Waals surface area contributed by atoms with Gasteiger partial charge in [-0.05, 0) is 36.8 Å². The molecule has 0 amide bonds. The molecule has 0 atom stereocenters. The number of hydrogen-bond acceptors (Lipinski definition) is 5. The average Bonchev–Trinajstić information content (AvgIpc) is 2.79. The van der Waals surface area contributed by atoms with Crippen LogP contribution in [0.1, 0.15) is 22.8 Å². The molecule has 4 rings (SSSR count). The van der Waals surface area contributed by atoms with Crippen LogP contribution >= 0.6 is 0 Å². The smallest absolute Gasteiger partial charge is 0.229 e. The first kappa shape index (κ1) is 19.3. The van der Waals surface area contributed by atoms with E-state index in [1.165, 1.54) is 5.56 Å². The summed E-state index contributed by atoms with van der Waals surface area (Å²) in [5.74, 6) is 1.26. The zero-order valence-electron chi connectivity index (χ0n) is 16.7. The van der Waals surface area contributed by atoms with Crippen LogP contribution in [-0.2, 0) is 6.54 Å². The van der Waals surface area contributed by atoms with E-state index in [0.29, 0.717) is 18.1 Å². The maximum Gasteiger partial charge on any atom is 0.229 e. The maximum absolute atomic E-state index is 11.5. The summed E-state index contributed by atoms with van der Waals surface area (Å²) in [5, 5.41) is 6.63. The van der Waals surface area contributed by atoms with Crippen molar-refractivity contribution in [1.82, 2.24) is 9.97 Å². The number of anilines is 3. The predicted molar refractivity (Wildman–Crippen MR) is 121 cm³/mol. The van der Waals surface area contributed by atoms with Gasteiger partial charge in [-0.15, -0.1) is 0 Å². The Morgan fingerprint density at radius 3 is 2.17 bits per heavy atom. The van der Waals surface area contributed by atoms with E-state index in [1.54, 1.807) is 19.1 Å². The Labute approximate surface area is 175 Å². The lowest BCUT2D eigenvalue weighted by Gasteiger charge is -2.12. The molecule has 3 aromatic carbocycles. The zero-order chi connectivity index (χ0) is 20.8. The molecule has 0 fully saturated rings. The first-order chi connectivity index (χ1) is 14.7. The van der Waals surface area contributed by atoms with Crippen molar-refractivity contribution >= 4 is 23.2 Å². The lowest BCUT2D eigenvalue weighted by molar-refractivity contribution is 0.101. The Morgan fingerprint density at radius 1 is 0.833 bits per heavy atom. The molecule has 1 aromatic heterocycles. The van der Waals surface area contributed by atoms with Gasteiger partial charge in [-0.25, -0.2) is 4.98 Å². The molecule has 30 heavy (non-hydrogen) atoms. The average molecular weight is 394 g/mol. The summed E-state index contributed by atoms with van der Waals surface area (Å²) in [5.41, 5.74) is 4.50. The Kier molecular flexibility index (Phi) is 5.80. The lowest BCUT2D eigenvalue weighted by atomic mass is 10.1. The summed E-state index contributed by atoms with van der Waals surface area (Å²) >= 11 is 0. The van der Waals surface area contributed by atoms with Crippen molar-refractivity contribution < 1.29 is 4.79 Å². The van der Waals surface area contributed by atoms with Gasteiger partial charge in [0.1, 0.15) is 5.82 Å². The van der Waals surface area contributed by atoms with Crippen molar-refractivity contribution in [2.24, 2.45) is 0 Å². The first-order valence-electron chi connectivity index (χ1n) is 9.78. The summed E-state index contributed by atoms with van der Waals surface area (Å²) in [4.78, 5) is 20.8. The third-order valence-corrected chi connectivity index (χ3v) is 4.66. The largest absolute Gasteiger partial charge is 0.366 e. The number of Topliss-reactive ketones (excluding diaryl/α,β-unsaturated/α-hetero) is 1. The summed E-state index contributed by atoms with van der Waals surface area (Å²) < 4.78 is 0. The standard InChI is InChI=1S/C25H22N4O/c1-18(30)20-12-14-22(15-13-20)27-25-28-23(21-10-6-3-7-11-21)16-24(29-25)26-17-19-8-4-2-5-9-19/h2-16H,17H2,1H3,(H2,26,27,28,29). The van der Waals surface area contributed by atoms with Gasteiger partial charge in [0.2, 0.25) is 5.95 Å². The van der Waals surface area contributed by atoms with Crippen LogP contribution in [0.3, 0.4) is 0 Å². The van der Waals surface area contributed by atoms with Crippen LogP contribution in [0.5, 0.6) is 0 Å². The summed E-state index contributed by atoms with van der Waals surface area (Å²) in [6, 6.07) is 29.4. The number of ketones is 1. The maximum atomic E-state index is 11.5. The van der Waals surface area contributed by atoms with Gasteiger partial charge in [0, 0.05) is 29.4 Å². The van der Waals surface area contributed by atoms with Gasteiger partial charge in [-0.3, -0.25) is 4.79 Å². The number of aromatic nitrogens is 2. The van der Waals surface area contributed by atoms with Crippen LogP contribution in [0.15, 0.2) is 91.0 Å². The fraction of sp³-hybridized carbons (Fsp3) is 0.0800. The first-order valence-corrected chi connectivity index (χ1v) is 9.78. The Bertz CT molecular complexity index is 1130. The quantitative estimate of drug-likeness (QED) is 0.394. The second-order valence-corrected chi connectivity index (χ2v) is 6.93. The van der Waals surface area contributed by atoms with Crippen LogP contribution in [-0.4, -0.2) is 15.8 Å². The molecular formula is C25H22N4O. The molecule has 0 saturated carbocycles. The number of carbonyl (C=O) groups is 1. The zero-order valence-corrected chi connectivity index (χ0v) is 16.7. The number of rotatable bonds is 7. The Balaban J connectivity index is 1.62. The van der Waals surface area contributed by atoms with Crippen molar-refractivity contribution in [3.8, 4) is 11.3 Å². The van der Waals surface area contributed by atoms with Crippen LogP contribution in [0.2, 0.25) is 0 Å². The number of benzene rings is 3. The molecule has 148 valence electrons. The summed E-state index contributed by atoms with van der Waals surface area (Å²) in [6.45, 7) is 2.22. The van der Waals surface area contributed by atoms with Gasteiger partial charge >= 0.3 is 0 Å². The normalized spacial score (nSPS) is 10.4. The van der Waals surface area contributed by atoms with Crippen molar-refractivity contribution in [2.75, 3.05) is 10.6 Å². The van der Waals surface area contributed by atoms with Crippen LogP contribution in [0.4, 0.5) is 17.5 Å². The lowest BCUT2D eigenvalue weighted by Crippen LogP contribution is -2.05. The molecular weight excluding hydrogens is 372 g/mol. The topological polar surface area (TPSA) is 66.9 Å². The third-order valence-electron chi connectivity index (χ3n) is 4.66. The van der Waals surface area contributed by atoms with E-state index in [0.717, 1.165) is 22.8 Å². The van der Waals surface area contributed by atoms with E-state index in [4.69, 9.17) is 0 Å². The van der Waals surface area contributed by atoms with E-state index in [1.807, 2.05) is 66.7 Å². The van der Waals surface area contributed by atoms with Gasteiger partial charge in [0.15, 0.2) is 5.78 Å². The molecule has 0 bridgehead atoms. The van der Waals surface area contributed by atoms with E-state index in [2.05, 4.69) is 32.7 Å². The van der Waals surface area contributed by atoms with Crippen molar-refractivity contribution in [3.63, 3.8) is 0 Å². The van der Waals surface area contributed by atoms with Crippen LogP contribution in [0, 0.1) is 0 Å². The van der Waals surface area contributed by atoms with Crippen molar-refractivity contribution in [1.29, 1.82) is 0 Å². The molecule has 0 radical (unpaired) electrons. The van der Waals surface area contributed by atoms with Gasteiger partial charge in [-0.1, -0.05) is 60.7 Å². The molecule has 0 aliphatic carbocycles. The molecule has 5 heteroatoms. The molecule has 5 nitrogen and oxygen atoms in total. The molecule has 0 aliphatic heterocycles. The molecule has 2 N–H and O–H groups in total. The van der Waals surface area contributed by atoms with E-state index < -0.39 is 0 Å². The van der Waals surface area contributed by atoms with Gasteiger partial charge in [-0.2, -0.15) is 4.98 Å². The van der Waals surface area contributed by atoms with Gasteiger partial charge in [0.25, 0.3) is 0 Å². The van der Waals surface area contributed by atoms with Crippen LogP contribution in [0.25, 0.3) is 11.3 Å². The van der Waals surface area contributed by atoms with Crippen molar-refractivity contribution in [2.45, 2.75) is 13.5 Å². The Morgan fingerprint density at radius 2 is 1.50 bits per heavy atom. The monoisotopic (exact) mass is 394 g/mol. The number of carbonyl (C=O) groups excluding carboxylic acids is 1.